The highest BCUT2D eigenvalue weighted by Crippen LogP contribution is 2.29. The predicted octanol–water partition coefficient (Wildman–Crippen LogP) is 2.51. The van der Waals surface area contributed by atoms with Crippen LogP contribution in [0.25, 0.3) is 0 Å². The maximum absolute atomic E-state index is 12.5. The van der Waals surface area contributed by atoms with Gasteiger partial charge in [0.1, 0.15) is 5.82 Å². The summed E-state index contributed by atoms with van der Waals surface area (Å²) in [6, 6.07) is 6.92. The Hall–Kier alpha value is -1.85. The highest BCUT2D eigenvalue weighted by atomic mass is 35.5. The van der Waals surface area contributed by atoms with Crippen LogP contribution in [0, 0.1) is 0 Å². The van der Waals surface area contributed by atoms with E-state index in [0.717, 1.165) is 18.7 Å². The molecule has 0 radical (unpaired) electrons. The van der Waals surface area contributed by atoms with Crippen molar-refractivity contribution in [3.8, 4) is 0 Å². The van der Waals surface area contributed by atoms with Crippen LogP contribution in [0.4, 0.5) is 0 Å². The van der Waals surface area contributed by atoms with Crippen molar-refractivity contribution in [1.82, 2.24) is 14.5 Å². The number of nitrogens with zero attached hydrogens (tertiary/aromatic N) is 3. The van der Waals surface area contributed by atoms with Crippen LogP contribution in [0.3, 0.4) is 0 Å². The summed E-state index contributed by atoms with van der Waals surface area (Å²) in [4.78, 5) is 18.6. The number of hydrogen-bond donors (Lipinski definition) is 1. The summed E-state index contributed by atoms with van der Waals surface area (Å²) in [6.45, 7) is 1.25. The molecule has 1 saturated heterocycles. The van der Waals surface area contributed by atoms with E-state index in [9.17, 15) is 9.90 Å². The van der Waals surface area contributed by atoms with Crippen molar-refractivity contribution in [3.63, 3.8) is 0 Å². The fourth-order valence-electron chi connectivity index (χ4n) is 3.13. The van der Waals surface area contributed by atoms with Crippen molar-refractivity contribution in [2.45, 2.75) is 24.9 Å². The molecule has 2 heterocycles. The number of carbonyl (C=O) groups excluding carboxylic acids is 1. The SMILES string of the molecule is Cn1ccnc1C1CCN(C(=O)C(O)c2ccccc2Cl)CC1. The minimum absolute atomic E-state index is 0.281. The summed E-state index contributed by atoms with van der Waals surface area (Å²) < 4.78 is 2.03. The Bertz CT molecular complexity index is 693. The van der Waals surface area contributed by atoms with E-state index in [2.05, 4.69) is 4.98 Å². The molecule has 0 saturated carbocycles. The Labute approximate surface area is 140 Å². The molecule has 1 amide bonds. The highest BCUT2D eigenvalue weighted by Gasteiger charge is 2.30. The van der Waals surface area contributed by atoms with Gasteiger partial charge in [-0.3, -0.25) is 4.79 Å². The average Bonchev–Trinajstić information content (AvgIpc) is 3.00. The van der Waals surface area contributed by atoms with Gasteiger partial charge in [-0.2, -0.15) is 0 Å². The van der Waals surface area contributed by atoms with Crippen molar-refractivity contribution >= 4 is 17.5 Å². The van der Waals surface area contributed by atoms with Crippen molar-refractivity contribution < 1.29 is 9.90 Å². The Morgan fingerprint density at radius 2 is 2.04 bits per heavy atom. The number of amides is 1. The standard InChI is InChI=1S/C17H20ClN3O2/c1-20-11-8-19-16(20)12-6-9-21(10-7-12)17(23)15(22)13-4-2-3-5-14(13)18/h2-5,8,11-12,15,22H,6-7,9-10H2,1H3. The Morgan fingerprint density at radius 3 is 2.65 bits per heavy atom. The van der Waals surface area contributed by atoms with Gasteiger partial charge in [0, 0.05) is 49.0 Å². The third-order valence-corrected chi connectivity index (χ3v) is 4.81. The quantitative estimate of drug-likeness (QED) is 0.939. The summed E-state index contributed by atoms with van der Waals surface area (Å²) in [5.41, 5.74) is 0.463. The Morgan fingerprint density at radius 1 is 1.35 bits per heavy atom. The van der Waals surface area contributed by atoms with Gasteiger partial charge in [0.05, 0.1) is 0 Å². The first kappa shape index (κ1) is 16.0. The molecule has 1 fully saturated rings. The number of rotatable bonds is 3. The van der Waals surface area contributed by atoms with Gasteiger partial charge in [-0.1, -0.05) is 29.8 Å². The lowest BCUT2D eigenvalue weighted by molar-refractivity contribution is -0.141. The van der Waals surface area contributed by atoms with Crippen LogP contribution in [-0.4, -0.2) is 38.6 Å². The van der Waals surface area contributed by atoms with Crippen LogP contribution in [0.1, 0.15) is 36.3 Å². The topological polar surface area (TPSA) is 58.4 Å². The number of aliphatic hydroxyl groups excluding tert-OH is 1. The number of hydrogen-bond acceptors (Lipinski definition) is 3. The monoisotopic (exact) mass is 333 g/mol. The van der Waals surface area contributed by atoms with Crippen molar-refractivity contribution in [3.05, 3.63) is 53.1 Å². The fourth-order valence-corrected chi connectivity index (χ4v) is 3.37. The predicted molar refractivity (Wildman–Crippen MR) is 88.2 cm³/mol. The molecule has 1 aliphatic heterocycles. The molecule has 1 atom stereocenters. The van der Waals surface area contributed by atoms with E-state index >= 15 is 0 Å². The molecule has 0 aliphatic carbocycles. The third-order valence-electron chi connectivity index (χ3n) is 4.46. The normalized spacial score (nSPS) is 17.3. The van der Waals surface area contributed by atoms with E-state index in [0.29, 0.717) is 29.6 Å². The number of halogens is 1. The second-order valence-electron chi connectivity index (χ2n) is 5.92. The lowest BCUT2D eigenvalue weighted by Crippen LogP contribution is -2.41. The van der Waals surface area contributed by atoms with E-state index in [1.54, 1.807) is 35.4 Å². The van der Waals surface area contributed by atoms with E-state index in [4.69, 9.17) is 11.6 Å². The smallest absolute Gasteiger partial charge is 0.256 e. The van der Waals surface area contributed by atoms with Crippen molar-refractivity contribution in [1.29, 1.82) is 0 Å². The van der Waals surface area contributed by atoms with Crippen LogP contribution in [0.5, 0.6) is 0 Å². The molecule has 1 N–H and O–H groups in total. The number of likely N-dealkylation sites (tertiary alicyclic amines) is 1. The van der Waals surface area contributed by atoms with Gasteiger partial charge >= 0.3 is 0 Å². The average molecular weight is 334 g/mol. The van der Waals surface area contributed by atoms with E-state index in [1.165, 1.54) is 0 Å². The molecule has 6 heteroatoms. The molecule has 1 aliphatic rings. The zero-order valence-electron chi connectivity index (χ0n) is 13.0. The van der Waals surface area contributed by atoms with Crippen molar-refractivity contribution in [2.24, 2.45) is 7.05 Å². The van der Waals surface area contributed by atoms with Gasteiger partial charge in [-0.15, -0.1) is 0 Å². The second-order valence-corrected chi connectivity index (χ2v) is 6.33. The van der Waals surface area contributed by atoms with Gasteiger partial charge in [-0.25, -0.2) is 4.98 Å². The summed E-state index contributed by atoms with van der Waals surface area (Å²) in [5.74, 6) is 1.14. The van der Waals surface area contributed by atoms with Crippen LogP contribution < -0.4 is 0 Å². The van der Waals surface area contributed by atoms with Crippen LogP contribution in [-0.2, 0) is 11.8 Å². The second kappa shape index (κ2) is 6.72. The molecule has 0 spiro atoms. The first-order valence-corrected chi connectivity index (χ1v) is 8.14. The van der Waals surface area contributed by atoms with Gasteiger partial charge in [0.2, 0.25) is 0 Å². The van der Waals surface area contributed by atoms with E-state index < -0.39 is 6.10 Å². The molecular formula is C17H20ClN3O2. The fraction of sp³-hybridized carbons (Fsp3) is 0.412. The molecule has 1 aromatic carbocycles. The molecule has 0 bridgehead atoms. The molecular weight excluding hydrogens is 314 g/mol. The maximum atomic E-state index is 12.5. The molecule has 23 heavy (non-hydrogen) atoms. The zero-order chi connectivity index (χ0) is 16.4. The van der Waals surface area contributed by atoms with Gasteiger partial charge in [-0.05, 0) is 18.9 Å². The zero-order valence-corrected chi connectivity index (χ0v) is 13.8. The number of piperidine rings is 1. The maximum Gasteiger partial charge on any atom is 0.256 e. The van der Waals surface area contributed by atoms with Gasteiger partial charge in [0.25, 0.3) is 5.91 Å². The van der Waals surface area contributed by atoms with Gasteiger partial charge in [0.15, 0.2) is 6.10 Å². The van der Waals surface area contributed by atoms with E-state index in [1.807, 2.05) is 17.8 Å². The Kier molecular flexibility index (Phi) is 4.68. The lowest BCUT2D eigenvalue weighted by Gasteiger charge is -2.33. The molecule has 3 rings (SSSR count). The molecule has 2 aromatic rings. The first-order valence-electron chi connectivity index (χ1n) is 7.76. The van der Waals surface area contributed by atoms with Crippen molar-refractivity contribution in [2.75, 3.05) is 13.1 Å². The minimum atomic E-state index is -1.20. The lowest BCUT2D eigenvalue weighted by atomic mass is 9.95. The van der Waals surface area contributed by atoms with Crippen LogP contribution in [0.15, 0.2) is 36.7 Å². The number of aromatic nitrogens is 2. The van der Waals surface area contributed by atoms with Crippen LogP contribution in [0.2, 0.25) is 5.02 Å². The molecule has 5 nitrogen and oxygen atoms in total. The number of aryl methyl sites for hydroxylation is 1. The largest absolute Gasteiger partial charge is 0.378 e. The summed E-state index contributed by atoms with van der Waals surface area (Å²) in [6.07, 6.45) is 4.24. The number of benzene rings is 1. The summed E-state index contributed by atoms with van der Waals surface area (Å²) >= 11 is 6.07. The number of aliphatic hydroxyl groups is 1. The molecule has 122 valence electrons. The third kappa shape index (κ3) is 3.26. The first-order chi connectivity index (χ1) is 11.1. The van der Waals surface area contributed by atoms with E-state index in [-0.39, 0.29) is 5.91 Å². The molecule has 1 unspecified atom stereocenters. The Balaban J connectivity index is 1.64. The minimum Gasteiger partial charge on any atom is -0.378 e. The van der Waals surface area contributed by atoms with Crippen LogP contribution >= 0.6 is 11.6 Å². The van der Waals surface area contributed by atoms with Gasteiger partial charge < -0.3 is 14.6 Å². The highest BCUT2D eigenvalue weighted by molar-refractivity contribution is 6.31. The number of carbonyl (C=O) groups is 1. The molecule has 1 aromatic heterocycles. The summed E-state index contributed by atoms with van der Waals surface area (Å²) in [7, 11) is 1.99. The number of imidazole rings is 1. The summed E-state index contributed by atoms with van der Waals surface area (Å²) in [5, 5.41) is 10.7.